The van der Waals surface area contributed by atoms with Gasteiger partial charge in [-0.15, -0.1) is 6.92 Å². The van der Waals surface area contributed by atoms with Gasteiger partial charge in [0, 0.05) is 0 Å². The first-order valence-electron chi connectivity index (χ1n) is 8.99. The van der Waals surface area contributed by atoms with Gasteiger partial charge in [-0.1, -0.05) is 74.7 Å². The van der Waals surface area contributed by atoms with Gasteiger partial charge in [0.15, 0.2) is 0 Å². The molecule has 27 heavy (non-hydrogen) atoms. The predicted octanol–water partition coefficient (Wildman–Crippen LogP) is 1.20. The minimum Gasteiger partial charge on any atom is -1.00 e. The Morgan fingerprint density at radius 3 is 1.33 bits per heavy atom. The van der Waals surface area contributed by atoms with Crippen LogP contribution in [0.4, 0.5) is 0 Å². The van der Waals surface area contributed by atoms with E-state index in [0.717, 1.165) is 0 Å². The van der Waals surface area contributed by atoms with E-state index in [-0.39, 0.29) is 62.8 Å². The Morgan fingerprint density at radius 1 is 0.778 bits per heavy atom. The molecule has 1 aromatic carbocycles. The first kappa shape index (κ1) is 31.7. The van der Waals surface area contributed by atoms with E-state index < -0.39 is 0 Å². The van der Waals surface area contributed by atoms with Crippen LogP contribution in [-0.2, 0) is 32.5 Å². The fourth-order valence-electron chi connectivity index (χ4n) is 2.75. The first-order chi connectivity index (χ1) is 10.7. The molecule has 1 aliphatic carbocycles. The van der Waals surface area contributed by atoms with Gasteiger partial charge in [0.05, 0.1) is 0 Å². The number of hydrogen-bond donors (Lipinski definition) is 0. The molecule has 0 heterocycles. The molecule has 0 fully saturated rings. The van der Waals surface area contributed by atoms with Crippen LogP contribution in [0.15, 0.2) is 34.9 Å². The Kier molecular flexibility index (Phi) is 13.2. The van der Waals surface area contributed by atoms with Crippen LogP contribution >= 0.6 is 0 Å². The maximum atomic E-state index is 3.52. The summed E-state index contributed by atoms with van der Waals surface area (Å²) in [5, 5.41) is 0. The number of halogens is 2. The molecule has 0 aliphatic heterocycles. The number of benzene rings is 1. The Balaban J connectivity index is -0.000000400. The molecule has 0 spiro atoms. The summed E-state index contributed by atoms with van der Waals surface area (Å²) in [6, 6.07) is 9.98. The topological polar surface area (TPSA) is 0 Å². The van der Waals surface area contributed by atoms with Gasteiger partial charge >= 0.3 is 21.7 Å². The summed E-state index contributed by atoms with van der Waals surface area (Å²) < 4.78 is 0. The van der Waals surface area contributed by atoms with Crippen molar-refractivity contribution < 1.29 is 46.5 Å². The van der Waals surface area contributed by atoms with E-state index in [4.69, 9.17) is 0 Å². The SMILES string of the molecule is CC(C)(C)c1[c-]c(C(C)(C)C)ccc1.CC1=[C-]C(C)(C)C(C)=C1C.[Cl-].[Cl-].[Ti+2]. The van der Waals surface area contributed by atoms with Gasteiger partial charge in [0.25, 0.3) is 0 Å². The molecule has 1 aromatic rings. The molecule has 0 saturated carbocycles. The van der Waals surface area contributed by atoms with E-state index in [0.29, 0.717) is 0 Å². The molecule has 0 radical (unpaired) electrons. The molecule has 0 saturated heterocycles. The van der Waals surface area contributed by atoms with E-state index in [1.165, 1.54) is 27.8 Å². The van der Waals surface area contributed by atoms with Crippen molar-refractivity contribution in [2.45, 2.75) is 87.0 Å². The molecule has 0 bridgehead atoms. The third-order valence-corrected chi connectivity index (χ3v) is 4.97. The van der Waals surface area contributed by atoms with Crippen molar-refractivity contribution in [3.63, 3.8) is 0 Å². The Morgan fingerprint density at radius 2 is 1.15 bits per heavy atom. The van der Waals surface area contributed by atoms with Crippen molar-refractivity contribution in [2.75, 3.05) is 0 Å². The Bertz CT molecular complexity index is 624. The smallest absolute Gasteiger partial charge is 1.00 e. The Labute approximate surface area is 196 Å². The van der Waals surface area contributed by atoms with E-state index >= 15 is 0 Å². The minimum atomic E-state index is 0. The quantitative estimate of drug-likeness (QED) is 0.418. The molecule has 0 N–H and O–H groups in total. The second-order valence-electron chi connectivity index (χ2n) is 9.60. The van der Waals surface area contributed by atoms with Crippen LogP contribution in [0, 0.1) is 17.6 Å². The van der Waals surface area contributed by atoms with Gasteiger partial charge in [-0.2, -0.15) is 46.5 Å². The van der Waals surface area contributed by atoms with Gasteiger partial charge in [0.1, 0.15) is 0 Å². The van der Waals surface area contributed by atoms with Crippen molar-refractivity contribution in [2.24, 2.45) is 5.41 Å². The summed E-state index contributed by atoms with van der Waals surface area (Å²) in [7, 11) is 0. The van der Waals surface area contributed by atoms with Gasteiger partial charge in [-0.05, 0) is 10.8 Å². The average Bonchev–Trinajstić information content (AvgIpc) is 2.60. The molecule has 3 heteroatoms. The summed E-state index contributed by atoms with van der Waals surface area (Å²) >= 11 is 0. The standard InChI is InChI=1S/C14H21.C10H15.2ClH.Ti/c1-13(2,3)11-8-7-9-12(10-11)14(4,5)6;1-7-6-10(4,5)9(3)8(7)2;;;/h7-9H,1-6H3;1-5H3;2*1H;/q2*-1;;;+2/p-2. The van der Waals surface area contributed by atoms with Gasteiger partial charge in [-0.3, -0.25) is 6.08 Å². The molecule has 152 valence electrons. The zero-order chi connectivity index (χ0) is 18.9. The molecular weight excluding hydrogens is 407 g/mol. The van der Waals surface area contributed by atoms with Gasteiger partial charge in [-0.25, -0.2) is 5.57 Å². The summed E-state index contributed by atoms with van der Waals surface area (Å²) in [4.78, 5) is 0. The second-order valence-corrected chi connectivity index (χ2v) is 9.60. The summed E-state index contributed by atoms with van der Waals surface area (Å²) in [6.45, 7) is 24.3. The summed E-state index contributed by atoms with van der Waals surface area (Å²) in [6.07, 6.45) is 3.44. The van der Waals surface area contributed by atoms with Crippen LogP contribution in [0.3, 0.4) is 0 Å². The van der Waals surface area contributed by atoms with Crippen LogP contribution < -0.4 is 24.8 Å². The largest absolute Gasteiger partial charge is 2.00 e. The normalized spacial score (nSPS) is 15.4. The van der Waals surface area contributed by atoms with E-state index in [2.05, 4.69) is 107 Å². The zero-order valence-corrected chi connectivity index (χ0v) is 22.1. The molecule has 0 aromatic heterocycles. The third-order valence-electron chi connectivity index (χ3n) is 4.97. The molecule has 0 atom stereocenters. The molecule has 0 amide bonds. The maximum Gasteiger partial charge on any atom is 2.00 e. The molecule has 2 rings (SSSR count). The first-order valence-corrected chi connectivity index (χ1v) is 8.99. The van der Waals surface area contributed by atoms with Crippen molar-refractivity contribution in [1.29, 1.82) is 0 Å². The summed E-state index contributed by atoms with van der Waals surface area (Å²) in [5.41, 5.74) is 7.38. The zero-order valence-electron chi connectivity index (χ0n) is 19.0. The van der Waals surface area contributed by atoms with E-state index in [9.17, 15) is 0 Å². The van der Waals surface area contributed by atoms with Gasteiger partial charge in [0.2, 0.25) is 0 Å². The van der Waals surface area contributed by atoms with Gasteiger partial charge < -0.3 is 24.8 Å². The van der Waals surface area contributed by atoms with Crippen LogP contribution in [0.1, 0.15) is 87.3 Å². The second kappa shape index (κ2) is 11.2. The third kappa shape index (κ3) is 8.91. The number of rotatable bonds is 0. The van der Waals surface area contributed by atoms with Crippen molar-refractivity contribution in [3.05, 3.63) is 58.2 Å². The van der Waals surface area contributed by atoms with Crippen molar-refractivity contribution in [1.82, 2.24) is 0 Å². The molecule has 1 aliphatic rings. The fraction of sp³-hybridized carbons (Fsp3) is 0.583. The molecule has 0 nitrogen and oxygen atoms in total. The van der Waals surface area contributed by atoms with E-state index in [1.807, 2.05) is 0 Å². The average molecular weight is 443 g/mol. The molecular formula is C24H36Cl2Ti-2. The number of allylic oxidation sites excluding steroid dienone is 4. The number of hydrogen-bond acceptors (Lipinski definition) is 0. The monoisotopic (exact) mass is 442 g/mol. The van der Waals surface area contributed by atoms with Crippen LogP contribution in [0.25, 0.3) is 0 Å². The van der Waals surface area contributed by atoms with Crippen LogP contribution in [0.5, 0.6) is 0 Å². The maximum absolute atomic E-state index is 3.52. The van der Waals surface area contributed by atoms with Crippen molar-refractivity contribution >= 4 is 0 Å². The van der Waals surface area contributed by atoms with Crippen LogP contribution in [0.2, 0.25) is 0 Å². The van der Waals surface area contributed by atoms with E-state index in [1.54, 1.807) is 0 Å². The van der Waals surface area contributed by atoms with Crippen LogP contribution in [-0.4, -0.2) is 0 Å². The molecule has 0 unspecified atom stereocenters. The summed E-state index contributed by atoms with van der Waals surface area (Å²) in [5.74, 6) is 0. The fourth-order valence-corrected chi connectivity index (χ4v) is 2.75. The predicted molar refractivity (Wildman–Crippen MR) is 107 cm³/mol. The van der Waals surface area contributed by atoms with Crippen molar-refractivity contribution in [3.8, 4) is 0 Å². The Hall–Kier alpha value is -0.00571. The minimum absolute atomic E-state index is 0.